The highest BCUT2D eigenvalue weighted by molar-refractivity contribution is 6.00. The molecule has 2 unspecified atom stereocenters. The molecular formula is C10H16N4. The van der Waals surface area contributed by atoms with Gasteiger partial charge in [0.15, 0.2) is 5.84 Å². The van der Waals surface area contributed by atoms with Gasteiger partial charge in [-0.25, -0.2) is 0 Å². The van der Waals surface area contributed by atoms with E-state index in [4.69, 9.17) is 5.84 Å². The van der Waals surface area contributed by atoms with E-state index in [1.54, 1.807) is 0 Å². The number of nitrogens with one attached hydrogen (secondary N) is 1. The summed E-state index contributed by atoms with van der Waals surface area (Å²) in [5.41, 5.74) is 3.62. The van der Waals surface area contributed by atoms with Gasteiger partial charge in [-0.15, -0.1) is 0 Å². The number of allylic oxidation sites excluding steroid dienone is 2. The van der Waals surface area contributed by atoms with Crippen LogP contribution in [0.5, 0.6) is 0 Å². The molecule has 1 aliphatic carbocycles. The molecule has 4 heteroatoms. The van der Waals surface area contributed by atoms with Gasteiger partial charge < -0.3 is 5.84 Å². The molecule has 3 N–H and O–H groups in total. The molecular weight excluding hydrogens is 176 g/mol. The number of hydrogen-bond acceptors (Lipinski definition) is 3. The smallest absolute Gasteiger partial charge is 0.172 e. The highest BCUT2D eigenvalue weighted by Crippen LogP contribution is 2.22. The van der Waals surface area contributed by atoms with E-state index in [0.29, 0.717) is 17.7 Å². The van der Waals surface area contributed by atoms with Crippen LogP contribution in [-0.4, -0.2) is 12.6 Å². The Morgan fingerprint density at radius 2 is 2.21 bits per heavy atom. The Morgan fingerprint density at radius 3 is 2.71 bits per heavy atom. The third-order valence-electron chi connectivity index (χ3n) is 2.44. The van der Waals surface area contributed by atoms with Crippen LogP contribution in [0.15, 0.2) is 34.0 Å². The quantitative estimate of drug-likeness (QED) is 0.299. The van der Waals surface area contributed by atoms with E-state index in [-0.39, 0.29) is 0 Å². The zero-order valence-electron chi connectivity index (χ0n) is 8.57. The van der Waals surface area contributed by atoms with E-state index in [1.165, 1.54) is 0 Å². The largest absolute Gasteiger partial charge is 0.321 e. The molecule has 1 rings (SSSR count). The number of hydrazone groups is 2. The number of nitrogens with zero attached hydrogens (tertiary/aromatic N) is 2. The Labute approximate surface area is 84.3 Å². The first-order chi connectivity index (χ1) is 6.69. The van der Waals surface area contributed by atoms with Crippen LogP contribution in [0.4, 0.5) is 0 Å². The second-order valence-electron chi connectivity index (χ2n) is 3.45. The maximum absolute atomic E-state index is 5.23. The van der Waals surface area contributed by atoms with Gasteiger partial charge in [0, 0.05) is 12.3 Å². The summed E-state index contributed by atoms with van der Waals surface area (Å²) >= 11 is 0. The lowest BCUT2D eigenvalue weighted by Crippen LogP contribution is -2.23. The molecule has 0 aliphatic heterocycles. The Kier molecular flexibility index (Phi) is 3.45. The molecule has 76 valence electrons. The molecule has 0 amide bonds. The predicted octanol–water partition coefficient (Wildman–Crippen LogP) is 1.23. The molecule has 0 saturated heterocycles. The molecule has 2 atom stereocenters. The van der Waals surface area contributed by atoms with E-state index in [0.717, 1.165) is 5.57 Å². The maximum Gasteiger partial charge on any atom is 0.172 e. The van der Waals surface area contributed by atoms with Crippen LogP contribution in [0.1, 0.15) is 13.8 Å². The first-order valence-corrected chi connectivity index (χ1v) is 4.59. The van der Waals surface area contributed by atoms with Gasteiger partial charge in [-0.05, 0) is 11.8 Å². The molecule has 0 radical (unpaired) electrons. The first-order valence-electron chi connectivity index (χ1n) is 4.59. The van der Waals surface area contributed by atoms with Crippen molar-refractivity contribution in [2.75, 3.05) is 0 Å². The normalized spacial score (nSPS) is 27.0. The molecule has 1 aliphatic rings. The standard InChI is InChI=1S/C10H16N4/c1-7-4-5-9(6-8(7)2)10(13-11)14-12-3/h4-8H,3,11H2,1-2H3,(H,13,14). The fraction of sp³-hybridized carbons (Fsp3) is 0.400. The van der Waals surface area contributed by atoms with Gasteiger partial charge in [0.25, 0.3) is 0 Å². The molecule has 0 aromatic carbocycles. The van der Waals surface area contributed by atoms with Crippen LogP contribution in [-0.2, 0) is 0 Å². The minimum atomic E-state index is 0.485. The van der Waals surface area contributed by atoms with Gasteiger partial charge >= 0.3 is 0 Å². The fourth-order valence-corrected chi connectivity index (χ4v) is 1.32. The van der Waals surface area contributed by atoms with Crippen LogP contribution in [0.25, 0.3) is 0 Å². The average Bonchev–Trinajstić information content (AvgIpc) is 2.19. The van der Waals surface area contributed by atoms with Crippen molar-refractivity contribution in [1.29, 1.82) is 0 Å². The Bertz CT molecular complexity index is 301. The first kappa shape index (κ1) is 10.5. The summed E-state index contributed by atoms with van der Waals surface area (Å²) in [4.78, 5) is 0. The summed E-state index contributed by atoms with van der Waals surface area (Å²) in [5, 5.41) is 7.15. The van der Waals surface area contributed by atoms with Gasteiger partial charge in [-0.1, -0.05) is 32.1 Å². The summed E-state index contributed by atoms with van der Waals surface area (Å²) in [6, 6.07) is 0. The van der Waals surface area contributed by atoms with E-state index >= 15 is 0 Å². The molecule has 0 heterocycles. The molecule has 4 nitrogen and oxygen atoms in total. The molecule has 0 aromatic heterocycles. The van der Waals surface area contributed by atoms with Crippen molar-refractivity contribution in [1.82, 2.24) is 5.43 Å². The number of nitrogens with two attached hydrogens (primary N) is 1. The van der Waals surface area contributed by atoms with Crippen LogP contribution in [0.3, 0.4) is 0 Å². The van der Waals surface area contributed by atoms with E-state index in [9.17, 15) is 0 Å². The Hall–Kier alpha value is -1.58. The zero-order chi connectivity index (χ0) is 10.6. The van der Waals surface area contributed by atoms with E-state index < -0.39 is 0 Å². The summed E-state index contributed by atoms with van der Waals surface area (Å²) < 4.78 is 0. The topological polar surface area (TPSA) is 62.8 Å². The predicted molar refractivity (Wildman–Crippen MR) is 59.9 cm³/mol. The van der Waals surface area contributed by atoms with Crippen LogP contribution in [0.2, 0.25) is 0 Å². The minimum absolute atomic E-state index is 0.485. The van der Waals surface area contributed by atoms with E-state index in [1.807, 2.05) is 6.08 Å². The highest BCUT2D eigenvalue weighted by atomic mass is 15.3. The van der Waals surface area contributed by atoms with Crippen molar-refractivity contribution in [3.8, 4) is 0 Å². The van der Waals surface area contributed by atoms with Crippen molar-refractivity contribution in [3.05, 3.63) is 23.8 Å². The monoisotopic (exact) mass is 192 g/mol. The lowest BCUT2D eigenvalue weighted by Gasteiger charge is -2.19. The maximum atomic E-state index is 5.23. The van der Waals surface area contributed by atoms with Crippen molar-refractivity contribution in [2.24, 2.45) is 27.9 Å². The molecule has 0 saturated carbocycles. The van der Waals surface area contributed by atoms with Crippen LogP contribution >= 0.6 is 0 Å². The second-order valence-corrected chi connectivity index (χ2v) is 3.45. The van der Waals surface area contributed by atoms with E-state index in [2.05, 4.69) is 48.3 Å². The third kappa shape index (κ3) is 2.22. The van der Waals surface area contributed by atoms with Crippen LogP contribution < -0.4 is 11.3 Å². The van der Waals surface area contributed by atoms with Gasteiger partial charge in [0.1, 0.15) is 0 Å². The average molecular weight is 192 g/mol. The van der Waals surface area contributed by atoms with Gasteiger partial charge in [-0.2, -0.15) is 10.2 Å². The molecule has 0 bridgehead atoms. The Morgan fingerprint density at radius 1 is 1.50 bits per heavy atom. The minimum Gasteiger partial charge on any atom is -0.321 e. The summed E-state index contributed by atoms with van der Waals surface area (Å²) in [7, 11) is 0. The molecule has 14 heavy (non-hydrogen) atoms. The summed E-state index contributed by atoms with van der Waals surface area (Å²) in [5.74, 6) is 6.82. The van der Waals surface area contributed by atoms with Crippen molar-refractivity contribution < 1.29 is 0 Å². The van der Waals surface area contributed by atoms with Gasteiger partial charge in [-0.3, -0.25) is 5.43 Å². The van der Waals surface area contributed by atoms with Crippen molar-refractivity contribution >= 4 is 12.6 Å². The SMILES string of the molecule is C=NN/C(=N\N)C1=CC(C)C(C)C=C1. The molecule has 0 spiro atoms. The third-order valence-corrected chi connectivity index (χ3v) is 2.44. The molecule has 0 aromatic rings. The van der Waals surface area contributed by atoms with Crippen molar-refractivity contribution in [3.63, 3.8) is 0 Å². The van der Waals surface area contributed by atoms with Crippen LogP contribution in [0, 0.1) is 11.8 Å². The zero-order valence-corrected chi connectivity index (χ0v) is 8.57. The van der Waals surface area contributed by atoms with Gasteiger partial charge in [0.2, 0.25) is 0 Å². The lowest BCUT2D eigenvalue weighted by atomic mass is 9.88. The highest BCUT2D eigenvalue weighted by Gasteiger charge is 2.14. The number of hydrogen-bond donors (Lipinski definition) is 2. The number of rotatable bonds is 2. The van der Waals surface area contributed by atoms with Gasteiger partial charge in [0.05, 0.1) is 0 Å². The summed E-state index contributed by atoms with van der Waals surface area (Å²) in [6.07, 6.45) is 6.25. The summed E-state index contributed by atoms with van der Waals surface area (Å²) in [6.45, 7) is 7.66. The van der Waals surface area contributed by atoms with Crippen molar-refractivity contribution in [2.45, 2.75) is 13.8 Å². The number of amidine groups is 1. The molecule has 0 fully saturated rings. The lowest BCUT2D eigenvalue weighted by molar-refractivity contribution is 0.550. The second kappa shape index (κ2) is 4.60. The Balaban J connectivity index is 2.83. The fourth-order valence-electron chi connectivity index (χ4n) is 1.32.